The summed E-state index contributed by atoms with van der Waals surface area (Å²) in [5.74, 6) is 1.04. The van der Waals surface area contributed by atoms with Crippen molar-refractivity contribution in [2.45, 2.75) is 65.0 Å². The summed E-state index contributed by atoms with van der Waals surface area (Å²) in [6, 6.07) is 21.0. The second kappa shape index (κ2) is 13.5. The van der Waals surface area contributed by atoms with Gasteiger partial charge in [0.1, 0.15) is 0 Å². The Kier molecular flexibility index (Phi) is 9.79. The number of piperidine rings is 1. The average Bonchev–Trinajstić information content (AvgIpc) is 3.15. The number of Topliss-reactive ketones (excluding diaryl/α,β-unsaturated/α-hetero) is 1. The molecule has 0 aliphatic carbocycles. The quantitative estimate of drug-likeness (QED) is 0.246. The van der Waals surface area contributed by atoms with Gasteiger partial charge in [-0.1, -0.05) is 71.7 Å². The van der Waals surface area contributed by atoms with Crippen LogP contribution >= 0.6 is 23.2 Å². The van der Waals surface area contributed by atoms with E-state index in [9.17, 15) is 4.79 Å². The lowest BCUT2D eigenvalue weighted by atomic mass is 9.90. The van der Waals surface area contributed by atoms with Gasteiger partial charge in [0.25, 0.3) is 0 Å². The van der Waals surface area contributed by atoms with Crippen LogP contribution in [0.1, 0.15) is 70.3 Å². The van der Waals surface area contributed by atoms with Crippen molar-refractivity contribution in [1.82, 2.24) is 9.80 Å². The highest BCUT2D eigenvalue weighted by atomic mass is 35.5. The van der Waals surface area contributed by atoms with Crippen LogP contribution in [0, 0.1) is 12.8 Å². The number of carbonyl (C=O) groups excluding carboxylic acids is 1. The van der Waals surface area contributed by atoms with Gasteiger partial charge in [0.2, 0.25) is 0 Å². The molecule has 0 aromatic heterocycles. The lowest BCUT2D eigenvalue weighted by molar-refractivity contribution is 0.0974. The first kappa shape index (κ1) is 28.4. The van der Waals surface area contributed by atoms with Gasteiger partial charge >= 0.3 is 0 Å². The zero-order valence-corrected chi connectivity index (χ0v) is 24.6. The number of hydrogen-bond acceptors (Lipinski definition) is 3. The van der Waals surface area contributed by atoms with E-state index in [0.29, 0.717) is 22.2 Å². The Bertz CT molecular complexity index is 1280. The molecule has 2 aliphatic heterocycles. The molecule has 0 N–H and O–H groups in total. The monoisotopic (exact) mass is 562 g/mol. The zero-order chi connectivity index (χ0) is 27.2. The Balaban J connectivity index is 1.06. The van der Waals surface area contributed by atoms with Crippen molar-refractivity contribution in [2.75, 3.05) is 26.2 Å². The van der Waals surface area contributed by atoms with Gasteiger partial charge in [-0.2, -0.15) is 0 Å². The van der Waals surface area contributed by atoms with Crippen LogP contribution in [0.4, 0.5) is 0 Å². The fraction of sp³-hybridized carbons (Fsp3) is 0.441. The van der Waals surface area contributed by atoms with Crippen LogP contribution in [0.3, 0.4) is 0 Å². The van der Waals surface area contributed by atoms with Crippen LogP contribution in [0.15, 0.2) is 60.7 Å². The van der Waals surface area contributed by atoms with Crippen LogP contribution in [0.5, 0.6) is 0 Å². The minimum absolute atomic E-state index is 0.293. The first-order valence-electron chi connectivity index (χ1n) is 14.5. The second-order valence-electron chi connectivity index (χ2n) is 11.4. The molecule has 206 valence electrons. The van der Waals surface area contributed by atoms with Crippen molar-refractivity contribution in [1.29, 1.82) is 0 Å². The summed E-state index contributed by atoms with van der Waals surface area (Å²) in [5, 5.41) is 1.26. The van der Waals surface area contributed by atoms with Crippen molar-refractivity contribution >= 4 is 29.0 Å². The summed E-state index contributed by atoms with van der Waals surface area (Å²) in [6.07, 6.45) is 7.25. The highest BCUT2D eigenvalue weighted by Crippen LogP contribution is 2.28. The fourth-order valence-electron chi connectivity index (χ4n) is 6.17. The molecule has 5 rings (SSSR count). The minimum Gasteiger partial charge on any atom is -0.299 e. The van der Waals surface area contributed by atoms with E-state index in [1.807, 2.05) is 12.1 Å². The van der Waals surface area contributed by atoms with Gasteiger partial charge in [-0.3, -0.25) is 14.6 Å². The summed E-state index contributed by atoms with van der Waals surface area (Å²) < 4.78 is 0. The molecule has 3 nitrogen and oxygen atoms in total. The van der Waals surface area contributed by atoms with E-state index in [1.165, 1.54) is 35.1 Å². The summed E-state index contributed by atoms with van der Waals surface area (Å²) >= 11 is 12.6. The topological polar surface area (TPSA) is 23.6 Å². The average molecular weight is 564 g/mol. The van der Waals surface area contributed by atoms with Gasteiger partial charge in [0.15, 0.2) is 5.78 Å². The molecule has 3 aromatic carbocycles. The number of rotatable bonds is 9. The molecule has 39 heavy (non-hydrogen) atoms. The van der Waals surface area contributed by atoms with E-state index in [2.05, 4.69) is 65.3 Å². The van der Waals surface area contributed by atoms with Gasteiger partial charge in [-0.05, 0) is 104 Å². The zero-order valence-electron chi connectivity index (χ0n) is 23.1. The molecule has 2 aliphatic rings. The molecule has 0 bridgehead atoms. The maximum Gasteiger partial charge on any atom is 0.162 e. The molecule has 0 spiro atoms. The molecule has 0 unspecified atom stereocenters. The van der Waals surface area contributed by atoms with E-state index in [4.69, 9.17) is 23.2 Å². The SMILES string of the molecule is Cc1ccccc1CN1CCC(CCCC(=O)c2ccc3c(c2)CCN(Cc2cccc(Cl)c2Cl)CC3)CC1. The molecular formula is C34H40Cl2N2O. The van der Waals surface area contributed by atoms with Gasteiger partial charge in [0.05, 0.1) is 10.0 Å². The number of aryl methyl sites for hydroxylation is 1. The molecular weight excluding hydrogens is 523 g/mol. The number of likely N-dealkylation sites (tertiary alicyclic amines) is 1. The Morgan fingerprint density at radius 1 is 0.821 bits per heavy atom. The number of halogens is 2. The fourth-order valence-corrected chi connectivity index (χ4v) is 6.55. The van der Waals surface area contributed by atoms with Gasteiger partial charge in [0, 0.05) is 38.2 Å². The third-order valence-corrected chi connectivity index (χ3v) is 9.59. The summed E-state index contributed by atoms with van der Waals surface area (Å²) in [5.41, 5.74) is 7.47. The number of carbonyl (C=O) groups is 1. The highest BCUT2D eigenvalue weighted by molar-refractivity contribution is 6.42. The third kappa shape index (κ3) is 7.52. The van der Waals surface area contributed by atoms with Crippen LogP contribution in [0.25, 0.3) is 0 Å². The molecule has 1 saturated heterocycles. The van der Waals surface area contributed by atoms with Crippen LogP contribution < -0.4 is 0 Å². The van der Waals surface area contributed by atoms with Crippen molar-refractivity contribution in [2.24, 2.45) is 5.92 Å². The molecule has 0 saturated carbocycles. The molecule has 0 radical (unpaired) electrons. The standard InChI is InChI=1S/C34H40Cl2N2O/c1-25-6-2-3-8-30(25)23-37-18-14-26(15-19-37)7-4-11-33(39)29-13-12-27-16-20-38(21-17-28(27)22-29)24-31-9-5-10-32(35)34(31)36/h2-3,5-6,8-10,12-13,22,26H,4,7,11,14-21,23-24H2,1H3. The lowest BCUT2D eigenvalue weighted by Gasteiger charge is -2.32. The van der Waals surface area contributed by atoms with Crippen molar-refractivity contribution in [3.05, 3.63) is 104 Å². The molecule has 0 amide bonds. The van der Waals surface area contributed by atoms with Gasteiger partial charge < -0.3 is 0 Å². The van der Waals surface area contributed by atoms with Crippen LogP contribution in [-0.2, 0) is 25.9 Å². The first-order chi connectivity index (χ1) is 19.0. The summed E-state index contributed by atoms with van der Waals surface area (Å²) in [7, 11) is 0. The van der Waals surface area contributed by atoms with E-state index >= 15 is 0 Å². The molecule has 2 heterocycles. The van der Waals surface area contributed by atoms with E-state index < -0.39 is 0 Å². The van der Waals surface area contributed by atoms with Crippen LogP contribution in [0.2, 0.25) is 10.0 Å². The predicted molar refractivity (Wildman–Crippen MR) is 163 cm³/mol. The molecule has 0 atom stereocenters. The Morgan fingerprint density at radius 2 is 1.51 bits per heavy atom. The summed E-state index contributed by atoms with van der Waals surface area (Å²) in [6.45, 7) is 8.32. The second-order valence-corrected chi connectivity index (χ2v) is 12.2. The number of hydrogen-bond donors (Lipinski definition) is 0. The molecule has 5 heteroatoms. The number of fused-ring (bicyclic) bond motifs is 1. The smallest absolute Gasteiger partial charge is 0.162 e. The maximum absolute atomic E-state index is 13.1. The van der Waals surface area contributed by atoms with E-state index in [0.717, 1.165) is 82.0 Å². The lowest BCUT2D eigenvalue weighted by Crippen LogP contribution is -2.33. The summed E-state index contributed by atoms with van der Waals surface area (Å²) in [4.78, 5) is 18.1. The van der Waals surface area contributed by atoms with Gasteiger partial charge in [-0.15, -0.1) is 0 Å². The van der Waals surface area contributed by atoms with E-state index in [1.54, 1.807) is 0 Å². The normalized spacial score (nSPS) is 17.1. The molecule has 3 aromatic rings. The maximum atomic E-state index is 13.1. The van der Waals surface area contributed by atoms with Gasteiger partial charge in [-0.25, -0.2) is 0 Å². The predicted octanol–water partition coefficient (Wildman–Crippen LogP) is 8.17. The number of nitrogens with zero attached hydrogens (tertiary/aromatic N) is 2. The van der Waals surface area contributed by atoms with Crippen molar-refractivity contribution in [3.63, 3.8) is 0 Å². The largest absolute Gasteiger partial charge is 0.299 e. The Labute approximate surface area is 244 Å². The molecule has 1 fully saturated rings. The minimum atomic E-state index is 0.293. The van der Waals surface area contributed by atoms with Crippen LogP contribution in [-0.4, -0.2) is 41.8 Å². The highest BCUT2D eigenvalue weighted by Gasteiger charge is 2.21. The van der Waals surface area contributed by atoms with Crippen molar-refractivity contribution in [3.8, 4) is 0 Å². The number of ketones is 1. The van der Waals surface area contributed by atoms with E-state index in [-0.39, 0.29) is 0 Å². The Hall–Kier alpha value is -2.17. The first-order valence-corrected chi connectivity index (χ1v) is 15.3. The van der Waals surface area contributed by atoms with Crippen molar-refractivity contribution < 1.29 is 4.79 Å². The number of benzene rings is 3. The Morgan fingerprint density at radius 3 is 2.31 bits per heavy atom. The third-order valence-electron chi connectivity index (χ3n) is 8.73.